The van der Waals surface area contributed by atoms with Gasteiger partial charge in [0, 0.05) is 43.8 Å². The van der Waals surface area contributed by atoms with Gasteiger partial charge in [-0.1, -0.05) is 109 Å². The Bertz CT molecular complexity index is 3160. The molecule has 7 aromatic carbocycles. The van der Waals surface area contributed by atoms with Gasteiger partial charge in [-0.3, -0.25) is 0 Å². The average molecular weight is 699 g/mol. The number of hydrogen-bond acceptors (Lipinski definition) is 7. The zero-order valence-corrected chi connectivity index (χ0v) is 28.8. The van der Waals surface area contributed by atoms with E-state index in [4.69, 9.17) is 28.8 Å². The molecule has 0 unspecified atom stereocenters. The van der Waals surface area contributed by atoms with Gasteiger partial charge in [0.2, 0.25) is 0 Å². The molecule has 0 aliphatic heterocycles. The highest BCUT2D eigenvalue weighted by Crippen LogP contribution is 2.40. The first-order chi connectivity index (χ1) is 26.2. The number of aromatic nitrogens is 4. The van der Waals surface area contributed by atoms with Gasteiger partial charge in [0.15, 0.2) is 17.5 Å². The van der Waals surface area contributed by atoms with E-state index in [2.05, 4.69) is 78.9 Å². The highest BCUT2D eigenvalue weighted by molar-refractivity contribution is 7.21. The van der Waals surface area contributed by atoms with Crippen LogP contribution in [0.2, 0.25) is 0 Å². The Balaban J connectivity index is 1.07. The van der Waals surface area contributed by atoms with Crippen LogP contribution in [0.15, 0.2) is 167 Å². The van der Waals surface area contributed by atoms with E-state index in [1.165, 1.54) is 4.70 Å². The Labute approximate surface area is 306 Å². The number of benzene rings is 7. The molecular formula is C46H26N4O2S. The van der Waals surface area contributed by atoms with Gasteiger partial charge in [0.1, 0.15) is 27.3 Å². The van der Waals surface area contributed by atoms with Crippen LogP contribution in [0.25, 0.3) is 110 Å². The lowest BCUT2D eigenvalue weighted by Crippen LogP contribution is -2.00. The van der Waals surface area contributed by atoms with Crippen LogP contribution in [0.5, 0.6) is 0 Å². The standard InChI is InChI=1S/C46H26N4O2S/c1-2-11-27(12-3-1)43-48-44(33-16-9-20-37-41(33)31-15-4-6-19-36(31)51-37)50-45(49-43)34-17-10-21-38-42(34)32-24-23-29(26-39(32)52-38)28-13-8-14-30(25-28)46-47-35-18-5-7-22-40(35)53-46/h1-26H. The lowest BCUT2D eigenvalue weighted by Gasteiger charge is -2.10. The summed E-state index contributed by atoms with van der Waals surface area (Å²) in [5.74, 6) is 1.74. The molecule has 0 atom stereocenters. The molecule has 0 aliphatic rings. The predicted molar refractivity (Wildman–Crippen MR) is 215 cm³/mol. The monoisotopic (exact) mass is 698 g/mol. The topological polar surface area (TPSA) is 77.8 Å². The minimum Gasteiger partial charge on any atom is -0.456 e. The van der Waals surface area contributed by atoms with E-state index in [0.717, 1.165) is 87.8 Å². The van der Waals surface area contributed by atoms with Crippen molar-refractivity contribution in [1.82, 2.24) is 19.9 Å². The summed E-state index contributed by atoms with van der Waals surface area (Å²) in [6.45, 7) is 0. The fourth-order valence-electron chi connectivity index (χ4n) is 7.31. The molecule has 53 heavy (non-hydrogen) atoms. The summed E-state index contributed by atoms with van der Waals surface area (Å²) in [6.07, 6.45) is 0. The summed E-state index contributed by atoms with van der Waals surface area (Å²) < 4.78 is 14.0. The number of fused-ring (bicyclic) bond motifs is 7. The molecule has 7 heteroatoms. The second-order valence-corrected chi connectivity index (χ2v) is 14.0. The summed E-state index contributed by atoms with van der Waals surface area (Å²) in [5, 5.41) is 4.95. The zero-order chi connectivity index (χ0) is 34.9. The molecule has 0 N–H and O–H groups in total. The van der Waals surface area contributed by atoms with Crippen LogP contribution < -0.4 is 0 Å². The van der Waals surface area contributed by atoms with Gasteiger partial charge < -0.3 is 8.83 Å². The lowest BCUT2D eigenvalue weighted by molar-refractivity contribution is 0.668. The molecule has 0 saturated carbocycles. The highest BCUT2D eigenvalue weighted by atomic mass is 32.1. The number of nitrogens with zero attached hydrogens (tertiary/aromatic N) is 4. The van der Waals surface area contributed by atoms with E-state index >= 15 is 0 Å². The van der Waals surface area contributed by atoms with Gasteiger partial charge in [-0.25, -0.2) is 19.9 Å². The fourth-order valence-corrected chi connectivity index (χ4v) is 8.28. The van der Waals surface area contributed by atoms with Crippen LogP contribution >= 0.6 is 11.3 Å². The Hall–Kier alpha value is -6.96. The van der Waals surface area contributed by atoms with Crippen LogP contribution in [-0.4, -0.2) is 19.9 Å². The van der Waals surface area contributed by atoms with Crippen LogP contribution in [0.3, 0.4) is 0 Å². The van der Waals surface area contributed by atoms with E-state index < -0.39 is 0 Å². The van der Waals surface area contributed by atoms with Gasteiger partial charge in [-0.05, 0) is 59.7 Å². The van der Waals surface area contributed by atoms with Gasteiger partial charge in [-0.15, -0.1) is 11.3 Å². The number of rotatable bonds is 5. The normalized spacial score (nSPS) is 11.8. The van der Waals surface area contributed by atoms with Crippen molar-refractivity contribution in [1.29, 1.82) is 0 Å². The van der Waals surface area contributed by atoms with E-state index in [1.54, 1.807) is 11.3 Å². The zero-order valence-electron chi connectivity index (χ0n) is 28.0. The maximum absolute atomic E-state index is 6.56. The molecule has 0 radical (unpaired) electrons. The van der Waals surface area contributed by atoms with Crippen molar-refractivity contribution in [2.45, 2.75) is 0 Å². The highest BCUT2D eigenvalue weighted by Gasteiger charge is 2.20. The largest absolute Gasteiger partial charge is 0.456 e. The lowest BCUT2D eigenvalue weighted by atomic mass is 10.00. The second-order valence-electron chi connectivity index (χ2n) is 13.0. The first kappa shape index (κ1) is 29.7. The van der Waals surface area contributed by atoms with E-state index in [0.29, 0.717) is 17.5 Å². The number of para-hydroxylation sites is 2. The van der Waals surface area contributed by atoms with Gasteiger partial charge >= 0.3 is 0 Å². The third kappa shape index (κ3) is 4.93. The third-order valence-electron chi connectivity index (χ3n) is 9.79. The summed E-state index contributed by atoms with van der Waals surface area (Å²) in [7, 11) is 0. The van der Waals surface area contributed by atoms with Crippen LogP contribution in [0.4, 0.5) is 0 Å². The molecule has 0 fully saturated rings. The SMILES string of the molecule is c1ccc(-c2nc(-c3cccc4oc5ccccc5c34)nc(-c3cccc4oc5cc(-c6cccc(-c7nc8ccccc8s7)c6)ccc5c34)n2)cc1. The number of furan rings is 2. The first-order valence-electron chi connectivity index (χ1n) is 17.4. The minimum atomic E-state index is 0.569. The number of hydrogen-bond donors (Lipinski definition) is 0. The predicted octanol–water partition coefficient (Wildman–Crippen LogP) is 12.6. The Kier molecular flexibility index (Phi) is 6.62. The smallest absolute Gasteiger partial charge is 0.164 e. The fraction of sp³-hybridized carbons (Fsp3) is 0. The molecule has 248 valence electrons. The van der Waals surface area contributed by atoms with Gasteiger partial charge in [-0.2, -0.15) is 0 Å². The maximum atomic E-state index is 6.56. The number of thiazole rings is 1. The molecule has 11 aromatic rings. The molecule has 0 saturated heterocycles. The van der Waals surface area contributed by atoms with Gasteiger partial charge in [0.05, 0.1) is 10.2 Å². The molecule has 0 amide bonds. The molecular weight excluding hydrogens is 673 g/mol. The van der Waals surface area contributed by atoms with Crippen molar-refractivity contribution in [2.24, 2.45) is 0 Å². The quantitative estimate of drug-likeness (QED) is 0.178. The summed E-state index contributed by atoms with van der Waals surface area (Å²) in [5.41, 5.74) is 10.1. The van der Waals surface area contributed by atoms with Crippen LogP contribution in [0.1, 0.15) is 0 Å². The van der Waals surface area contributed by atoms with E-state index in [9.17, 15) is 0 Å². The summed E-state index contributed by atoms with van der Waals surface area (Å²) in [4.78, 5) is 20.2. The van der Waals surface area contributed by atoms with Crippen molar-refractivity contribution in [3.8, 4) is 55.9 Å². The van der Waals surface area contributed by atoms with E-state index in [1.807, 2.05) is 78.9 Å². The molecule has 6 nitrogen and oxygen atoms in total. The van der Waals surface area contributed by atoms with Crippen molar-refractivity contribution in [2.75, 3.05) is 0 Å². The van der Waals surface area contributed by atoms with Crippen molar-refractivity contribution in [3.05, 3.63) is 158 Å². The Morgan fingerprint density at radius 1 is 0.377 bits per heavy atom. The first-order valence-corrected chi connectivity index (χ1v) is 18.2. The molecule has 4 heterocycles. The summed E-state index contributed by atoms with van der Waals surface area (Å²) >= 11 is 1.71. The molecule has 0 aliphatic carbocycles. The Morgan fingerprint density at radius 2 is 0.962 bits per heavy atom. The van der Waals surface area contributed by atoms with Crippen molar-refractivity contribution >= 4 is 65.4 Å². The third-order valence-corrected chi connectivity index (χ3v) is 10.9. The van der Waals surface area contributed by atoms with Crippen LogP contribution in [0, 0.1) is 0 Å². The molecule has 11 rings (SSSR count). The van der Waals surface area contributed by atoms with E-state index in [-0.39, 0.29) is 0 Å². The van der Waals surface area contributed by atoms with Crippen LogP contribution in [-0.2, 0) is 0 Å². The second kappa shape index (κ2) is 11.8. The maximum Gasteiger partial charge on any atom is 0.164 e. The minimum absolute atomic E-state index is 0.569. The average Bonchev–Trinajstić information content (AvgIpc) is 3.94. The summed E-state index contributed by atoms with van der Waals surface area (Å²) in [6, 6.07) is 53.4. The molecule has 0 bridgehead atoms. The molecule has 4 aromatic heterocycles. The van der Waals surface area contributed by atoms with Gasteiger partial charge in [0.25, 0.3) is 0 Å². The van der Waals surface area contributed by atoms with Crippen molar-refractivity contribution < 1.29 is 8.83 Å². The Morgan fingerprint density at radius 3 is 1.75 bits per heavy atom. The molecule has 0 spiro atoms. The van der Waals surface area contributed by atoms with Crippen molar-refractivity contribution in [3.63, 3.8) is 0 Å².